The zero-order chi connectivity index (χ0) is 29.8. The Hall–Kier alpha value is -3.34. The van der Waals surface area contributed by atoms with Crippen LogP contribution in [-0.2, 0) is 14.7 Å². The number of benzene rings is 4. The number of fused-ring (bicyclic) bond motifs is 3. The van der Waals surface area contributed by atoms with E-state index in [1.54, 1.807) is 5.56 Å². The highest BCUT2D eigenvalue weighted by Crippen LogP contribution is 2.62. The van der Waals surface area contributed by atoms with Crippen molar-refractivity contribution >= 4 is 34.4 Å². The molecule has 10 rings (SSSR count). The second kappa shape index (κ2) is 9.34. The third kappa shape index (κ3) is 3.90. The Bertz CT molecular complexity index is 1830. The minimum absolute atomic E-state index is 0.256. The molecule has 5 fully saturated rings. The molecule has 4 aliphatic carbocycles. The van der Waals surface area contributed by atoms with Crippen molar-refractivity contribution in [3.8, 4) is 16.8 Å². The van der Waals surface area contributed by atoms with E-state index in [9.17, 15) is 0 Å². The molecule has 4 bridgehead atoms. The molecule has 0 amide bonds. The Morgan fingerprint density at radius 3 is 1.73 bits per heavy atom. The fourth-order valence-electron chi connectivity index (χ4n) is 9.89. The highest BCUT2D eigenvalue weighted by atomic mass is 16.7. The van der Waals surface area contributed by atoms with E-state index in [0.717, 1.165) is 23.2 Å². The van der Waals surface area contributed by atoms with Crippen molar-refractivity contribution in [1.82, 2.24) is 4.57 Å². The molecule has 0 radical (unpaired) electrons. The van der Waals surface area contributed by atoms with Gasteiger partial charge in [0.05, 0.1) is 27.9 Å². The number of nitrogens with zero attached hydrogens (tertiary/aromatic N) is 1. The van der Waals surface area contributed by atoms with Crippen LogP contribution in [0.3, 0.4) is 0 Å². The summed E-state index contributed by atoms with van der Waals surface area (Å²) in [5, 5.41) is 2.59. The first kappa shape index (κ1) is 27.0. The lowest BCUT2D eigenvalue weighted by molar-refractivity contribution is -0.00491. The van der Waals surface area contributed by atoms with Gasteiger partial charge in [-0.25, -0.2) is 0 Å². The molecule has 4 aromatic carbocycles. The molecule has 0 N–H and O–H groups in total. The van der Waals surface area contributed by atoms with E-state index in [1.807, 2.05) is 0 Å². The van der Waals surface area contributed by atoms with E-state index in [2.05, 4.69) is 123 Å². The average Bonchev–Trinajstić information content (AvgIpc) is 3.45. The quantitative estimate of drug-likeness (QED) is 0.198. The van der Waals surface area contributed by atoms with Gasteiger partial charge in [-0.1, -0.05) is 72.8 Å². The summed E-state index contributed by atoms with van der Waals surface area (Å²) in [6.07, 6.45) is 8.33. The summed E-state index contributed by atoms with van der Waals surface area (Å²) in [6, 6.07) is 34.0. The van der Waals surface area contributed by atoms with Gasteiger partial charge in [0.15, 0.2) is 0 Å². The second-order valence-electron chi connectivity index (χ2n) is 15.5. The molecule has 0 unspecified atom stereocenters. The Labute approximate surface area is 261 Å². The van der Waals surface area contributed by atoms with E-state index < -0.39 is 0 Å². The molecule has 1 saturated heterocycles. The van der Waals surface area contributed by atoms with Gasteiger partial charge in [0.25, 0.3) is 0 Å². The maximum absolute atomic E-state index is 6.62. The average molecular weight is 580 g/mol. The van der Waals surface area contributed by atoms with Crippen LogP contribution in [0.1, 0.15) is 71.8 Å². The Balaban J connectivity index is 1.28. The fourth-order valence-corrected chi connectivity index (χ4v) is 9.89. The van der Waals surface area contributed by atoms with Crippen LogP contribution in [0, 0.1) is 17.8 Å². The summed E-state index contributed by atoms with van der Waals surface area (Å²) in [4.78, 5) is 0. The van der Waals surface area contributed by atoms with Crippen molar-refractivity contribution in [3.63, 3.8) is 0 Å². The SMILES string of the molecule is CC1(C)OB(c2ccc(C34CC5CC(CC(C5)C3)C4)c(-c3ccccc3-n3c4ccccc4c4ccccc43)c2)OC1(C)C. The van der Waals surface area contributed by atoms with Crippen molar-refractivity contribution < 1.29 is 9.31 Å². The van der Waals surface area contributed by atoms with Gasteiger partial charge in [-0.05, 0) is 124 Å². The van der Waals surface area contributed by atoms with Crippen LogP contribution in [0.25, 0.3) is 38.6 Å². The van der Waals surface area contributed by atoms with Gasteiger partial charge in [0, 0.05) is 16.3 Å². The number of aromatic nitrogens is 1. The highest BCUT2D eigenvalue weighted by molar-refractivity contribution is 6.62. The Morgan fingerprint density at radius 1 is 0.614 bits per heavy atom. The predicted molar refractivity (Wildman–Crippen MR) is 182 cm³/mol. The number of hydrogen-bond donors (Lipinski definition) is 0. The van der Waals surface area contributed by atoms with Crippen molar-refractivity contribution in [1.29, 1.82) is 0 Å². The first-order valence-electron chi connectivity index (χ1n) is 16.8. The van der Waals surface area contributed by atoms with Crippen LogP contribution < -0.4 is 5.46 Å². The maximum atomic E-state index is 6.62. The zero-order valence-corrected chi connectivity index (χ0v) is 26.5. The molecule has 222 valence electrons. The largest absolute Gasteiger partial charge is 0.494 e. The topological polar surface area (TPSA) is 23.4 Å². The third-order valence-electron chi connectivity index (χ3n) is 12.2. The van der Waals surface area contributed by atoms with Crippen LogP contribution in [0.5, 0.6) is 0 Å². The van der Waals surface area contributed by atoms with E-state index >= 15 is 0 Å². The van der Waals surface area contributed by atoms with E-state index in [4.69, 9.17) is 9.31 Å². The van der Waals surface area contributed by atoms with E-state index in [1.165, 1.54) is 77.1 Å². The molecule has 0 spiro atoms. The Morgan fingerprint density at radius 2 is 1.14 bits per heavy atom. The van der Waals surface area contributed by atoms with Gasteiger partial charge in [-0.2, -0.15) is 0 Å². The summed E-state index contributed by atoms with van der Waals surface area (Å²) < 4.78 is 15.7. The summed E-state index contributed by atoms with van der Waals surface area (Å²) in [5.41, 5.74) is 8.55. The molecule has 1 aromatic heterocycles. The smallest absolute Gasteiger partial charge is 0.399 e. The first-order chi connectivity index (χ1) is 21.2. The van der Waals surface area contributed by atoms with E-state index in [-0.39, 0.29) is 23.7 Å². The predicted octanol–water partition coefficient (Wildman–Crippen LogP) is 9.22. The van der Waals surface area contributed by atoms with Gasteiger partial charge in [-0.3, -0.25) is 0 Å². The number of para-hydroxylation sites is 3. The molecular formula is C40H42BNO2. The molecule has 5 aliphatic rings. The van der Waals surface area contributed by atoms with Gasteiger partial charge in [0.2, 0.25) is 0 Å². The minimum Gasteiger partial charge on any atom is -0.399 e. The maximum Gasteiger partial charge on any atom is 0.494 e. The van der Waals surface area contributed by atoms with E-state index in [0.29, 0.717) is 0 Å². The highest BCUT2D eigenvalue weighted by Gasteiger charge is 2.54. The van der Waals surface area contributed by atoms with Crippen molar-refractivity contribution in [2.24, 2.45) is 17.8 Å². The molecule has 0 atom stereocenters. The standard InChI is InChI=1S/C40H42BNO2/c1-38(2)39(3,4)44-41(43-38)29-17-18-34(40-23-26-19-27(24-40)21-28(20-26)25-40)33(22-29)32-13-7-10-16-37(32)42-35-14-8-5-11-30(35)31-12-6-9-15-36(31)42/h5-18,22,26-28H,19-21,23-25H2,1-4H3. The molecule has 4 saturated carbocycles. The Kier molecular flexibility index (Phi) is 5.74. The first-order valence-corrected chi connectivity index (χ1v) is 16.8. The van der Waals surface area contributed by atoms with Crippen molar-refractivity contribution in [2.75, 3.05) is 0 Å². The molecule has 1 aliphatic heterocycles. The molecule has 2 heterocycles. The molecule has 4 heteroatoms. The lowest BCUT2D eigenvalue weighted by atomic mass is 9.47. The van der Waals surface area contributed by atoms with Crippen LogP contribution in [-0.4, -0.2) is 22.9 Å². The summed E-state index contributed by atoms with van der Waals surface area (Å²) in [7, 11) is -0.385. The van der Waals surface area contributed by atoms with Crippen LogP contribution in [0.15, 0.2) is 91.0 Å². The molecule has 44 heavy (non-hydrogen) atoms. The van der Waals surface area contributed by atoms with Gasteiger partial charge < -0.3 is 13.9 Å². The summed E-state index contributed by atoms with van der Waals surface area (Å²) in [5.74, 6) is 2.64. The third-order valence-corrected chi connectivity index (χ3v) is 12.2. The fraction of sp³-hybridized carbons (Fsp3) is 0.400. The second-order valence-corrected chi connectivity index (χ2v) is 15.5. The van der Waals surface area contributed by atoms with Crippen molar-refractivity contribution in [3.05, 3.63) is 96.6 Å². The molecule has 5 aromatic rings. The lowest BCUT2D eigenvalue weighted by Crippen LogP contribution is -2.49. The van der Waals surface area contributed by atoms with Crippen LogP contribution in [0.2, 0.25) is 0 Å². The van der Waals surface area contributed by atoms with Gasteiger partial charge >= 0.3 is 7.12 Å². The van der Waals surface area contributed by atoms with Gasteiger partial charge in [0.1, 0.15) is 0 Å². The van der Waals surface area contributed by atoms with Crippen molar-refractivity contribution in [2.45, 2.75) is 82.8 Å². The lowest BCUT2D eigenvalue weighted by Gasteiger charge is -2.57. The monoisotopic (exact) mass is 579 g/mol. The number of rotatable bonds is 4. The summed E-state index contributed by atoms with van der Waals surface area (Å²) in [6.45, 7) is 8.59. The number of hydrogen-bond acceptors (Lipinski definition) is 2. The van der Waals surface area contributed by atoms with Gasteiger partial charge in [-0.15, -0.1) is 0 Å². The van der Waals surface area contributed by atoms with Crippen LogP contribution in [0.4, 0.5) is 0 Å². The normalized spacial score (nSPS) is 28.4. The summed E-state index contributed by atoms with van der Waals surface area (Å²) >= 11 is 0. The zero-order valence-electron chi connectivity index (χ0n) is 26.5. The molecular weight excluding hydrogens is 537 g/mol. The molecule has 3 nitrogen and oxygen atoms in total. The minimum atomic E-state index is -0.385. The van der Waals surface area contributed by atoms with Crippen LogP contribution >= 0.6 is 0 Å².